The molecule has 3 nitrogen and oxygen atoms in total. The van der Waals surface area contributed by atoms with E-state index >= 15 is 0 Å². The largest absolute Gasteiger partial charge is 0.323 e. The summed E-state index contributed by atoms with van der Waals surface area (Å²) in [5.41, 5.74) is 8.99. The Labute approximate surface area is 131 Å². The number of benzene rings is 1. The third-order valence-electron chi connectivity index (χ3n) is 5.61. The predicted octanol–water partition coefficient (Wildman–Crippen LogP) is 3.13. The van der Waals surface area contributed by atoms with E-state index in [1.165, 1.54) is 30.3 Å². The fraction of sp³-hybridized carbons (Fsp3) is 0.421. The lowest BCUT2D eigenvalue weighted by Gasteiger charge is -2.51. The van der Waals surface area contributed by atoms with Gasteiger partial charge < -0.3 is 5.73 Å². The molecule has 2 bridgehead atoms. The molecule has 5 atom stereocenters. The Morgan fingerprint density at radius 3 is 2.95 bits per heavy atom. The molecule has 4 heterocycles. The molecule has 0 radical (unpaired) electrons. The highest BCUT2D eigenvalue weighted by Crippen LogP contribution is 2.41. The van der Waals surface area contributed by atoms with Gasteiger partial charge in [0.05, 0.1) is 5.52 Å². The molecule has 1 aromatic carbocycles. The summed E-state index contributed by atoms with van der Waals surface area (Å²) in [7, 11) is 0. The first-order valence-electron chi connectivity index (χ1n) is 8.24. The second-order valence-corrected chi connectivity index (χ2v) is 6.69. The van der Waals surface area contributed by atoms with Gasteiger partial charge >= 0.3 is 0 Å². The van der Waals surface area contributed by atoms with Gasteiger partial charge in [-0.1, -0.05) is 24.3 Å². The van der Waals surface area contributed by atoms with Gasteiger partial charge in [0.15, 0.2) is 0 Å². The number of hydrogen-bond donors (Lipinski definition) is 1. The number of nitrogens with zero attached hydrogens (tertiary/aromatic N) is 2. The van der Waals surface area contributed by atoms with Crippen LogP contribution in [0.25, 0.3) is 10.9 Å². The Bertz CT molecular complexity index is 691. The number of hydrogen-bond acceptors (Lipinski definition) is 3. The number of para-hydroxylation sites is 1. The van der Waals surface area contributed by atoms with Gasteiger partial charge in [-0.3, -0.25) is 9.88 Å². The first kappa shape index (κ1) is 13.9. The summed E-state index contributed by atoms with van der Waals surface area (Å²) in [5.74, 6) is 1.40. The molecule has 114 valence electrons. The zero-order chi connectivity index (χ0) is 15.1. The van der Waals surface area contributed by atoms with E-state index in [9.17, 15) is 0 Å². The van der Waals surface area contributed by atoms with Gasteiger partial charge in [-0.15, -0.1) is 6.58 Å². The molecule has 2 aromatic rings. The summed E-state index contributed by atoms with van der Waals surface area (Å²) in [6, 6.07) is 10.9. The lowest BCUT2D eigenvalue weighted by atomic mass is 9.73. The Kier molecular flexibility index (Phi) is 3.47. The smallest absolute Gasteiger partial charge is 0.0705 e. The van der Waals surface area contributed by atoms with Crippen molar-refractivity contribution < 1.29 is 0 Å². The van der Waals surface area contributed by atoms with Crippen LogP contribution in [0.1, 0.15) is 24.4 Å². The van der Waals surface area contributed by atoms with E-state index in [1.54, 1.807) is 0 Å². The van der Waals surface area contributed by atoms with E-state index < -0.39 is 0 Å². The van der Waals surface area contributed by atoms with Gasteiger partial charge in [0.2, 0.25) is 0 Å². The summed E-state index contributed by atoms with van der Waals surface area (Å²) in [4.78, 5) is 7.04. The predicted molar refractivity (Wildman–Crippen MR) is 90.4 cm³/mol. The Morgan fingerprint density at radius 1 is 1.32 bits per heavy atom. The molecule has 3 fully saturated rings. The van der Waals surface area contributed by atoms with Crippen LogP contribution in [-0.2, 0) is 0 Å². The lowest BCUT2D eigenvalue weighted by Crippen LogP contribution is -2.56. The third kappa shape index (κ3) is 2.16. The number of rotatable bonds is 3. The molecular formula is C19H23N3. The molecule has 2 N–H and O–H groups in total. The minimum Gasteiger partial charge on any atom is -0.323 e. The van der Waals surface area contributed by atoms with E-state index in [-0.39, 0.29) is 6.04 Å². The second-order valence-electron chi connectivity index (χ2n) is 6.69. The van der Waals surface area contributed by atoms with Crippen LogP contribution >= 0.6 is 0 Å². The number of piperidine rings is 3. The molecule has 3 unspecified atom stereocenters. The van der Waals surface area contributed by atoms with Gasteiger partial charge in [-0.05, 0) is 48.9 Å². The van der Waals surface area contributed by atoms with Crippen LogP contribution in [0.3, 0.4) is 0 Å². The maximum Gasteiger partial charge on any atom is 0.0705 e. The van der Waals surface area contributed by atoms with Gasteiger partial charge in [-0.2, -0.15) is 0 Å². The van der Waals surface area contributed by atoms with Crippen LogP contribution in [0, 0.1) is 11.8 Å². The molecule has 3 saturated heterocycles. The maximum absolute atomic E-state index is 6.71. The number of aromatic nitrogens is 1. The number of fused-ring (bicyclic) bond motifs is 4. The minimum atomic E-state index is 0.0569. The standard InChI is InChI=1S/C19H23N3/c1-2-13-12-22-10-8-14(13)11-18(22)19(20)16-7-9-21-17-6-4-3-5-15(16)17/h2-7,9,13-14,18-19H,1,8,10-12,20H2/t13?,14?,18-,19+/m1/s1. The van der Waals surface area contributed by atoms with Crippen molar-refractivity contribution in [2.75, 3.05) is 13.1 Å². The minimum absolute atomic E-state index is 0.0569. The van der Waals surface area contributed by atoms with Crippen LogP contribution in [-0.4, -0.2) is 29.0 Å². The van der Waals surface area contributed by atoms with Crippen LogP contribution in [0.4, 0.5) is 0 Å². The van der Waals surface area contributed by atoms with Crippen molar-refractivity contribution in [2.45, 2.75) is 24.9 Å². The average Bonchev–Trinajstić information content (AvgIpc) is 2.60. The molecule has 22 heavy (non-hydrogen) atoms. The Hall–Kier alpha value is -1.71. The van der Waals surface area contributed by atoms with Crippen LogP contribution < -0.4 is 5.73 Å². The Balaban J connectivity index is 1.67. The SMILES string of the molecule is C=CC1CN2CCC1C[C@@H]2[C@@H](N)c1ccnc2ccccc12. The molecule has 0 saturated carbocycles. The normalized spacial score (nSPS) is 32.0. The molecule has 0 spiro atoms. The monoisotopic (exact) mass is 293 g/mol. The molecule has 3 aliphatic rings. The van der Waals surface area contributed by atoms with E-state index in [0.717, 1.165) is 18.0 Å². The molecule has 5 rings (SSSR count). The third-order valence-corrected chi connectivity index (χ3v) is 5.61. The van der Waals surface area contributed by atoms with Crippen molar-refractivity contribution in [1.82, 2.24) is 9.88 Å². The molecule has 0 amide bonds. The fourth-order valence-electron chi connectivity index (χ4n) is 4.37. The van der Waals surface area contributed by atoms with Crippen molar-refractivity contribution in [3.63, 3.8) is 0 Å². The quantitative estimate of drug-likeness (QED) is 0.884. The van der Waals surface area contributed by atoms with Crippen molar-refractivity contribution in [3.05, 3.63) is 54.7 Å². The highest BCUT2D eigenvalue weighted by molar-refractivity contribution is 5.82. The Morgan fingerprint density at radius 2 is 2.18 bits per heavy atom. The van der Waals surface area contributed by atoms with E-state index in [4.69, 9.17) is 5.73 Å². The highest BCUT2D eigenvalue weighted by atomic mass is 15.2. The van der Waals surface area contributed by atoms with Crippen molar-refractivity contribution >= 4 is 10.9 Å². The summed E-state index contributed by atoms with van der Waals surface area (Å²) in [6.45, 7) is 6.30. The maximum atomic E-state index is 6.71. The zero-order valence-electron chi connectivity index (χ0n) is 12.9. The van der Waals surface area contributed by atoms with Crippen molar-refractivity contribution in [3.8, 4) is 0 Å². The molecule has 0 aliphatic carbocycles. The molecule has 3 aliphatic heterocycles. The van der Waals surface area contributed by atoms with Crippen LogP contribution in [0.2, 0.25) is 0 Å². The van der Waals surface area contributed by atoms with Gasteiger partial charge in [0.25, 0.3) is 0 Å². The van der Waals surface area contributed by atoms with Crippen molar-refractivity contribution in [2.24, 2.45) is 17.6 Å². The zero-order valence-corrected chi connectivity index (χ0v) is 12.9. The van der Waals surface area contributed by atoms with Crippen LogP contribution in [0.15, 0.2) is 49.2 Å². The second kappa shape index (κ2) is 5.49. The van der Waals surface area contributed by atoms with Gasteiger partial charge in [-0.25, -0.2) is 0 Å². The molecule has 1 aromatic heterocycles. The van der Waals surface area contributed by atoms with Gasteiger partial charge in [0.1, 0.15) is 0 Å². The van der Waals surface area contributed by atoms with Gasteiger partial charge in [0, 0.05) is 30.2 Å². The first-order valence-corrected chi connectivity index (χ1v) is 8.24. The first-order chi connectivity index (χ1) is 10.8. The summed E-state index contributed by atoms with van der Waals surface area (Å²) in [5, 5.41) is 1.19. The highest BCUT2D eigenvalue weighted by Gasteiger charge is 2.41. The fourth-order valence-corrected chi connectivity index (χ4v) is 4.37. The topological polar surface area (TPSA) is 42.1 Å². The van der Waals surface area contributed by atoms with E-state index in [2.05, 4.69) is 46.8 Å². The van der Waals surface area contributed by atoms with E-state index in [0.29, 0.717) is 12.0 Å². The number of pyridine rings is 1. The average molecular weight is 293 g/mol. The van der Waals surface area contributed by atoms with Crippen LogP contribution in [0.5, 0.6) is 0 Å². The molecule has 3 heteroatoms. The van der Waals surface area contributed by atoms with Crippen molar-refractivity contribution in [1.29, 1.82) is 0 Å². The summed E-state index contributed by atoms with van der Waals surface area (Å²) >= 11 is 0. The summed E-state index contributed by atoms with van der Waals surface area (Å²) in [6.07, 6.45) is 6.51. The lowest BCUT2D eigenvalue weighted by molar-refractivity contribution is 0.00749. The number of nitrogens with two attached hydrogens (primary N) is 1. The summed E-state index contributed by atoms with van der Waals surface area (Å²) < 4.78 is 0. The molecular weight excluding hydrogens is 270 g/mol. The van der Waals surface area contributed by atoms with E-state index in [1.807, 2.05) is 12.3 Å².